The number of carbonyl (C=O) groups excluding carboxylic acids is 6. The van der Waals surface area contributed by atoms with Crippen LogP contribution >= 0.6 is 0 Å². The number of esters is 2. The predicted molar refractivity (Wildman–Crippen MR) is 178 cm³/mol. The number of aliphatic hydroxyl groups is 2. The Hall–Kier alpha value is -3.84. The lowest BCUT2D eigenvalue weighted by atomic mass is 9.46. The average molecular weight is 702 g/mol. The number of hydrogen-bond donors (Lipinski definition) is 3. The molecule has 0 aromatic carbocycles. The van der Waals surface area contributed by atoms with Gasteiger partial charge in [0.1, 0.15) is 11.7 Å². The maximum Gasteiger partial charge on any atom is 0.511 e. The predicted octanol–water partition coefficient (Wildman–Crippen LogP) is 3.92. The quantitative estimate of drug-likeness (QED) is 0.0962. The van der Waals surface area contributed by atoms with E-state index in [0.717, 1.165) is 12.0 Å². The molecule has 0 bridgehead atoms. The molecule has 276 valence electrons. The molecule has 1 amide bonds. The molecule has 0 radical (unpaired) electrons. The van der Waals surface area contributed by atoms with Crippen LogP contribution in [0.25, 0.3) is 0 Å². The number of carbonyl (C=O) groups is 6. The summed E-state index contributed by atoms with van der Waals surface area (Å²) in [6.07, 6.45) is 7.54. The van der Waals surface area contributed by atoms with E-state index in [9.17, 15) is 39.0 Å². The van der Waals surface area contributed by atoms with Gasteiger partial charge in [0.2, 0.25) is 18.0 Å². The minimum absolute atomic E-state index is 0.0310. The van der Waals surface area contributed by atoms with E-state index in [1.165, 1.54) is 6.92 Å². The van der Waals surface area contributed by atoms with Gasteiger partial charge in [0, 0.05) is 36.5 Å². The van der Waals surface area contributed by atoms with Crippen LogP contribution in [0.5, 0.6) is 0 Å². The van der Waals surface area contributed by atoms with Crippen LogP contribution in [0.3, 0.4) is 0 Å². The second-order valence-electron chi connectivity index (χ2n) is 14.5. The highest BCUT2D eigenvalue weighted by molar-refractivity contribution is 6.01. The molecule has 4 N–H and O–H groups in total. The van der Waals surface area contributed by atoms with Crippen molar-refractivity contribution < 1.29 is 57.9 Å². The van der Waals surface area contributed by atoms with E-state index in [1.54, 1.807) is 12.2 Å². The van der Waals surface area contributed by atoms with E-state index in [-0.39, 0.29) is 62.1 Å². The summed E-state index contributed by atoms with van der Waals surface area (Å²) < 4.78 is 20.3. The molecule has 0 aromatic rings. The molecule has 0 saturated heterocycles. The van der Waals surface area contributed by atoms with Gasteiger partial charge in [0.15, 0.2) is 12.4 Å². The molecular formula is C37H51NO12. The first-order chi connectivity index (χ1) is 23.5. The van der Waals surface area contributed by atoms with E-state index in [1.807, 2.05) is 32.1 Å². The molecule has 3 fully saturated rings. The summed E-state index contributed by atoms with van der Waals surface area (Å²) in [6.45, 7) is 6.40. The minimum Gasteiger partial charge on any atom is -0.458 e. The van der Waals surface area contributed by atoms with Crippen molar-refractivity contribution in [2.45, 2.75) is 122 Å². The highest BCUT2D eigenvalue weighted by atomic mass is 16.8. The van der Waals surface area contributed by atoms with Crippen LogP contribution < -0.4 is 5.73 Å². The molecule has 4 aliphatic rings. The van der Waals surface area contributed by atoms with Crippen molar-refractivity contribution in [3.63, 3.8) is 0 Å². The second kappa shape index (κ2) is 16.0. The fourth-order valence-corrected chi connectivity index (χ4v) is 8.95. The van der Waals surface area contributed by atoms with Crippen LogP contribution in [-0.2, 0) is 42.9 Å². The fourth-order valence-electron chi connectivity index (χ4n) is 8.95. The molecule has 50 heavy (non-hydrogen) atoms. The van der Waals surface area contributed by atoms with Crippen molar-refractivity contribution in [3.8, 4) is 0 Å². The van der Waals surface area contributed by atoms with Gasteiger partial charge in [0.05, 0.1) is 12.5 Å². The molecule has 3 saturated carbocycles. The van der Waals surface area contributed by atoms with Crippen LogP contribution in [0.4, 0.5) is 4.79 Å². The lowest BCUT2D eigenvalue weighted by Crippen LogP contribution is -2.61. The second-order valence-corrected chi connectivity index (χ2v) is 14.5. The number of ether oxygens (including phenoxy) is 4. The van der Waals surface area contributed by atoms with Crippen molar-refractivity contribution in [3.05, 3.63) is 36.0 Å². The number of hydrogen-bond acceptors (Lipinski definition) is 12. The molecule has 0 aliphatic heterocycles. The SMILES string of the molecule is CC=CCCC(CC(N)=O)OC(=O)OC(C)OC(=O)CCCC(=O)OCC(=O)C1(O)CCC2C3CCC4=CC(=O)C=CC4(C)C3C(O)CC21C. The smallest absolute Gasteiger partial charge is 0.458 e. The first-order valence-electron chi connectivity index (χ1n) is 17.5. The van der Waals surface area contributed by atoms with Gasteiger partial charge in [-0.15, -0.1) is 0 Å². The number of amides is 1. The van der Waals surface area contributed by atoms with Crippen LogP contribution in [0, 0.1) is 28.6 Å². The lowest BCUT2D eigenvalue weighted by molar-refractivity contribution is -0.181. The van der Waals surface area contributed by atoms with Crippen LogP contribution in [0.2, 0.25) is 0 Å². The summed E-state index contributed by atoms with van der Waals surface area (Å²) in [6, 6.07) is 0. The zero-order chi connectivity index (χ0) is 36.9. The largest absolute Gasteiger partial charge is 0.511 e. The first-order valence-corrected chi connectivity index (χ1v) is 17.5. The Kier molecular flexibility index (Phi) is 12.5. The van der Waals surface area contributed by atoms with E-state index in [4.69, 9.17) is 24.7 Å². The number of ketones is 2. The molecule has 13 nitrogen and oxygen atoms in total. The Balaban J connectivity index is 1.21. The topological polar surface area (TPSA) is 206 Å². The van der Waals surface area contributed by atoms with E-state index < -0.39 is 71.3 Å². The third-order valence-electron chi connectivity index (χ3n) is 11.4. The van der Waals surface area contributed by atoms with Gasteiger partial charge in [-0.25, -0.2) is 4.79 Å². The van der Waals surface area contributed by atoms with Crippen molar-refractivity contribution in [1.82, 2.24) is 0 Å². The van der Waals surface area contributed by atoms with Gasteiger partial charge in [-0.05, 0) is 82.3 Å². The van der Waals surface area contributed by atoms with Gasteiger partial charge in [-0.1, -0.05) is 37.6 Å². The first kappa shape index (κ1) is 39.0. The third-order valence-corrected chi connectivity index (χ3v) is 11.4. The number of nitrogens with two attached hydrogens (primary N) is 1. The van der Waals surface area contributed by atoms with Gasteiger partial charge >= 0.3 is 18.1 Å². The molecule has 9 unspecified atom stereocenters. The maximum atomic E-state index is 13.5. The van der Waals surface area contributed by atoms with E-state index in [2.05, 4.69) is 6.92 Å². The van der Waals surface area contributed by atoms with Gasteiger partial charge < -0.3 is 34.9 Å². The number of primary amides is 1. The molecule has 4 aliphatic carbocycles. The summed E-state index contributed by atoms with van der Waals surface area (Å²) in [5.74, 6) is -2.94. The highest BCUT2D eigenvalue weighted by Crippen LogP contribution is 2.67. The summed E-state index contributed by atoms with van der Waals surface area (Å²) in [4.78, 5) is 73.7. The molecule has 13 heteroatoms. The van der Waals surface area contributed by atoms with Crippen LogP contribution in [0.1, 0.15) is 98.3 Å². The van der Waals surface area contributed by atoms with Crippen LogP contribution in [0.15, 0.2) is 36.0 Å². The number of aliphatic hydroxyl groups excluding tert-OH is 1. The Bertz CT molecular complexity index is 1430. The number of allylic oxidation sites excluding steroid dienone is 6. The monoisotopic (exact) mass is 701 g/mol. The summed E-state index contributed by atoms with van der Waals surface area (Å²) in [7, 11) is 0. The molecule has 9 atom stereocenters. The van der Waals surface area contributed by atoms with E-state index in [0.29, 0.717) is 25.7 Å². The van der Waals surface area contributed by atoms with Crippen molar-refractivity contribution >= 4 is 35.6 Å². The van der Waals surface area contributed by atoms with Crippen LogP contribution in [-0.4, -0.2) is 76.5 Å². The highest BCUT2D eigenvalue weighted by Gasteiger charge is 2.68. The van der Waals surface area contributed by atoms with Crippen molar-refractivity contribution in [2.75, 3.05) is 6.61 Å². The zero-order valence-electron chi connectivity index (χ0n) is 29.4. The number of Topliss-reactive ketones (excluding diaryl/α,β-unsaturated/α-hetero) is 1. The van der Waals surface area contributed by atoms with Gasteiger partial charge in [-0.3, -0.25) is 24.0 Å². The number of rotatable bonds is 15. The maximum absolute atomic E-state index is 13.5. The molecule has 0 aromatic heterocycles. The molecule has 4 rings (SSSR count). The Labute approximate surface area is 292 Å². The standard InChI is InChI=1S/C37H51NO12/c1-5-6-7-9-25(19-30(38)42)50-34(45)49-22(2)48-32(44)11-8-10-31(43)47-21-29(41)37(46)17-15-27-26-13-12-23-18-24(39)14-16-35(23,3)33(26)28(40)20-36(27,37)4/h5-6,14,16,18,22,25-28,33,40,46H,7-13,15,17,19-21H2,1-4H3,(H2,38,42). The average Bonchev–Trinajstić information content (AvgIpc) is 3.30. The van der Waals surface area contributed by atoms with E-state index >= 15 is 0 Å². The molecule has 0 spiro atoms. The lowest BCUT2D eigenvalue weighted by Gasteiger charge is -2.59. The molecule has 0 heterocycles. The van der Waals surface area contributed by atoms with Crippen molar-refractivity contribution in [1.29, 1.82) is 0 Å². The van der Waals surface area contributed by atoms with Gasteiger partial charge in [-0.2, -0.15) is 0 Å². The summed E-state index contributed by atoms with van der Waals surface area (Å²) in [5, 5.41) is 23.4. The van der Waals surface area contributed by atoms with Gasteiger partial charge in [0.25, 0.3) is 0 Å². The fraction of sp³-hybridized carbons (Fsp3) is 0.676. The van der Waals surface area contributed by atoms with Crippen molar-refractivity contribution in [2.24, 2.45) is 34.3 Å². The zero-order valence-corrected chi connectivity index (χ0v) is 29.4. The Morgan fingerprint density at radius 3 is 2.50 bits per heavy atom. The third kappa shape index (κ3) is 8.37. The Morgan fingerprint density at radius 2 is 1.80 bits per heavy atom. The Morgan fingerprint density at radius 1 is 1.08 bits per heavy atom. The summed E-state index contributed by atoms with van der Waals surface area (Å²) >= 11 is 0. The minimum atomic E-state index is -1.78. The number of fused-ring (bicyclic) bond motifs is 5. The molecular weight excluding hydrogens is 650 g/mol. The normalized spacial score (nSPS) is 32.5. The summed E-state index contributed by atoms with van der Waals surface area (Å²) in [5.41, 5.74) is 3.06.